The van der Waals surface area contributed by atoms with E-state index in [9.17, 15) is 0 Å². The molecule has 0 saturated carbocycles. The van der Waals surface area contributed by atoms with Crippen LogP contribution in [0.1, 0.15) is 26.0 Å². The third-order valence-electron chi connectivity index (χ3n) is 2.00. The Kier molecular flexibility index (Phi) is 3.34. The Labute approximate surface area is 80.2 Å². The van der Waals surface area contributed by atoms with Crippen molar-refractivity contribution in [3.8, 4) is 0 Å². The van der Waals surface area contributed by atoms with Crippen LogP contribution in [0.3, 0.4) is 0 Å². The molecular weight excluding hydrogens is 162 g/mol. The van der Waals surface area contributed by atoms with Gasteiger partial charge in [0.05, 0.1) is 5.69 Å². The predicted molar refractivity (Wildman–Crippen MR) is 55.9 cm³/mol. The van der Waals surface area contributed by atoms with E-state index in [-0.39, 0.29) is 0 Å². The number of rotatable bonds is 4. The molecular formula is C10H19N3. The third kappa shape index (κ3) is 3.09. The number of nitrogens with zero attached hydrogens (tertiary/aromatic N) is 2. The van der Waals surface area contributed by atoms with Crippen LogP contribution < -0.4 is 5.32 Å². The van der Waals surface area contributed by atoms with E-state index in [4.69, 9.17) is 0 Å². The minimum Gasteiger partial charge on any atom is -0.356 e. The fraction of sp³-hybridized carbons (Fsp3) is 0.700. The van der Waals surface area contributed by atoms with E-state index in [0.29, 0.717) is 0 Å². The van der Waals surface area contributed by atoms with Crippen molar-refractivity contribution >= 4 is 5.95 Å². The van der Waals surface area contributed by atoms with Crippen molar-refractivity contribution in [2.24, 2.45) is 13.0 Å². The second-order valence-corrected chi connectivity index (χ2v) is 3.93. The van der Waals surface area contributed by atoms with Crippen LogP contribution in [0.5, 0.6) is 0 Å². The Morgan fingerprint density at radius 2 is 2.23 bits per heavy atom. The molecule has 1 rings (SSSR count). The zero-order chi connectivity index (χ0) is 9.84. The Morgan fingerprint density at radius 1 is 1.54 bits per heavy atom. The van der Waals surface area contributed by atoms with Crippen LogP contribution in [-0.4, -0.2) is 16.1 Å². The van der Waals surface area contributed by atoms with Crippen LogP contribution in [0, 0.1) is 12.8 Å². The van der Waals surface area contributed by atoms with Gasteiger partial charge in [0.25, 0.3) is 0 Å². The summed E-state index contributed by atoms with van der Waals surface area (Å²) in [5, 5.41) is 3.32. The summed E-state index contributed by atoms with van der Waals surface area (Å²) in [5.41, 5.74) is 1.06. The first kappa shape index (κ1) is 10.1. The third-order valence-corrected chi connectivity index (χ3v) is 2.00. The molecule has 0 radical (unpaired) electrons. The SMILES string of the molecule is Cc1cn(C)c(NCCC(C)C)n1. The number of hydrogen-bond acceptors (Lipinski definition) is 2. The van der Waals surface area contributed by atoms with Gasteiger partial charge in [0.15, 0.2) is 0 Å². The topological polar surface area (TPSA) is 29.9 Å². The molecule has 0 saturated heterocycles. The lowest BCUT2D eigenvalue weighted by Gasteiger charge is -2.07. The van der Waals surface area contributed by atoms with Crippen LogP contribution in [-0.2, 0) is 7.05 Å². The van der Waals surface area contributed by atoms with Crippen molar-refractivity contribution in [3.63, 3.8) is 0 Å². The first-order valence-corrected chi connectivity index (χ1v) is 4.83. The lowest BCUT2D eigenvalue weighted by atomic mass is 10.1. The monoisotopic (exact) mass is 181 g/mol. The quantitative estimate of drug-likeness (QED) is 0.771. The average Bonchev–Trinajstić information content (AvgIpc) is 2.29. The van der Waals surface area contributed by atoms with E-state index in [0.717, 1.165) is 24.1 Å². The minimum atomic E-state index is 0.744. The maximum atomic E-state index is 4.36. The van der Waals surface area contributed by atoms with E-state index >= 15 is 0 Å². The molecule has 1 aromatic rings. The van der Waals surface area contributed by atoms with Crippen molar-refractivity contribution in [3.05, 3.63) is 11.9 Å². The van der Waals surface area contributed by atoms with Gasteiger partial charge in [0.1, 0.15) is 0 Å². The van der Waals surface area contributed by atoms with E-state index in [1.807, 2.05) is 24.7 Å². The van der Waals surface area contributed by atoms with Gasteiger partial charge < -0.3 is 9.88 Å². The average molecular weight is 181 g/mol. The molecule has 0 fully saturated rings. The van der Waals surface area contributed by atoms with Gasteiger partial charge in [-0.1, -0.05) is 13.8 Å². The summed E-state index contributed by atoms with van der Waals surface area (Å²) in [6.07, 6.45) is 3.21. The van der Waals surface area contributed by atoms with E-state index in [2.05, 4.69) is 24.1 Å². The number of nitrogens with one attached hydrogen (secondary N) is 1. The fourth-order valence-electron chi connectivity index (χ4n) is 1.25. The molecule has 13 heavy (non-hydrogen) atoms. The van der Waals surface area contributed by atoms with E-state index in [1.54, 1.807) is 0 Å². The van der Waals surface area contributed by atoms with Crippen LogP contribution in [0.25, 0.3) is 0 Å². The molecule has 0 aliphatic carbocycles. The van der Waals surface area contributed by atoms with Gasteiger partial charge in [-0.05, 0) is 19.3 Å². The second-order valence-electron chi connectivity index (χ2n) is 3.93. The highest BCUT2D eigenvalue weighted by atomic mass is 15.2. The summed E-state index contributed by atoms with van der Waals surface area (Å²) in [6, 6.07) is 0. The van der Waals surface area contributed by atoms with E-state index in [1.165, 1.54) is 6.42 Å². The first-order chi connectivity index (χ1) is 6.09. The first-order valence-electron chi connectivity index (χ1n) is 4.83. The van der Waals surface area contributed by atoms with Crippen LogP contribution in [0.2, 0.25) is 0 Å². The van der Waals surface area contributed by atoms with Gasteiger partial charge in [-0.25, -0.2) is 4.98 Å². The summed E-state index contributed by atoms with van der Waals surface area (Å²) in [6.45, 7) is 7.46. The normalized spacial score (nSPS) is 10.8. The Balaban J connectivity index is 2.40. The van der Waals surface area contributed by atoms with Crippen molar-refractivity contribution in [1.29, 1.82) is 0 Å². The molecule has 74 valence electrons. The van der Waals surface area contributed by atoms with Crippen LogP contribution in [0.15, 0.2) is 6.20 Å². The van der Waals surface area contributed by atoms with Gasteiger partial charge in [-0.15, -0.1) is 0 Å². The lowest BCUT2D eigenvalue weighted by molar-refractivity contribution is 0.605. The summed E-state index contributed by atoms with van der Waals surface area (Å²) in [5.74, 6) is 1.71. The summed E-state index contributed by atoms with van der Waals surface area (Å²) >= 11 is 0. The van der Waals surface area contributed by atoms with Gasteiger partial charge in [-0.3, -0.25) is 0 Å². The highest BCUT2D eigenvalue weighted by Gasteiger charge is 2.00. The largest absolute Gasteiger partial charge is 0.356 e. The van der Waals surface area contributed by atoms with Gasteiger partial charge in [0, 0.05) is 19.8 Å². The molecule has 3 heteroatoms. The molecule has 1 aromatic heterocycles. The predicted octanol–water partition coefficient (Wildman–Crippen LogP) is 2.19. The Bertz CT molecular complexity index is 263. The minimum absolute atomic E-state index is 0.744. The summed E-state index contributed by atoms with van der Waals surface area (Å²) < 4.78 is 2.02. The number of hydrogen-bond donors (Lipinski definition) is 1. The lowest BCUT2D eigenvalue weighted by Crippen LogP contribution is -2.08. The summed E-state index contributed by atoms with van der Waals surface area (Å²) in [7, 11) is 2.01. The molecule has 1 N–H and O–H groups in total. The standard InChI is InChI=1S/C10H19N3/c1-8(2)5-6-11-10-12-9(3)7-13(10)4/h7-8H,5-6H2,1-4H3,(H,11,12). The molecule has 0 aromatic carbocycles. The number of anilines is 1. The molecule has 0 bridgehead atoms. The molecule has 0 atom stereocenters. The number of aromatic nitrogens is 2. The van der Waals surface area contributed by atoms with Crippen molar-refractivity contribution in [1.82, 2.24) is 9.55 Å². The van der Waals surface area contributed by atoms with Crippen LogP contribution in [0.4, 0.5) is 5.95 Å². The maximum Gasteiger partial charge on any atom is 0.202 e. The zero-order valence-corrected chi connectivity index (χ0v) is 8.96. The molecule has 0 unspecified atom stereocenters. The van der Waals surface area contributed by atoms with E-state index < -0.39 is 0 Å². The van der Waals surface area contributed by atoms with Gasteiger partial charge in [-0.2, -0.15) is 0 Å². The number of aryl methyl sites for hydroxylation is 2. The Morgan fingerprint density at radius 3 is 2.69 bits per heavy atom. The molecule has 0 aliphatic rings. The molecule has 0 spiro atoms. The maximum absolute atomic E-state index is 4.36. The van der Waals surface area contributed by atoms with Crippen molar-refractivity contribution in [2.75, 3.05) is 11.9 Å². The summed E-state index contributed by atoms with van der Waals surface area (Å²) in [4.78, 5) is 4.36. The van der Waals surface area contributed by atoms with Gasteiger partial charge in [0.2, 0.25) is 5.95 Å². The molecule has 0 aliphatic heterocycles. The highest BCUT2D eigenvalue weighted by Crippen LogP contribution is 2.06. The van der Waals surface area contributed by atoms with Crippen molar-refractivity contribution in [2.45, 2.75) is 27.2 Å². The Hall–Kier alpha value is -0.990. The molecule has 0 amide bonds. The smallest absolute Gasteiger partial charge is 0.202 e. The van der Waals surface area contributed by atoms with Gasteiger partial charge >= 0.3 is 0 Å². The van der Waals surface area contributed by atoms with Crippen LogP contribution >= 0.6 is 0 Å². The molecule has 1 heterocycles. The zero-order valence-electron chi connectivity index (χ0n) is 8.96. The fourth-order valence-corrected chi connectivity index (χ4v) is 1.25. The highest BCUT2D eigenvalue weighted by molar-refractivity contribution is 5.27. The van der Waals surface area contributed by atoms with Crippen molar-refractivity contribution < 1.29 is 0 Å². The second kappa shape index (κ2) is 4.30. The number of imidazole rings is 1. The molecule has 3 nitrogen and oxygen atoms in total.